The predicted molar refractivity (Wildman–Crippen MR) is 66.4 cm³/mol. The Balaban J connectivity index is 1.92. The highest BCUT2D eigenvalue weighted by Gasteiger charge is 2.20. The van der Waals surface area contributed by atoms with E-state index in [4.69, 9.17) is 0 Å². The number of nitrogens with one attached hydrogen (secondary N) is 1. The van der Waals surface area contributed by atoms with Crippen molar-refractivity contribution in [3.8, 4) is 5.75 Å². The van der Waals surface area contributed by atoms with E-state index in [2.05, 4.69) is 10.1 Å². The van der Waals surface area contributed by atoms with Crippen molar-refractivity contribution in [2.75, 3.05) is 19.6 Å². The molecule has 0 unspecified atom stereocenters. The maximum atomic E-state index is 12.0. The molecule has 1 saturated heterocycles. The van der Waals surface area contributed by atoms with E-state index >= 15 is 0 Å². The SMILES string of the molecule is O=C1CN(C(=O)Cc2ccc(OC(F)F)cc2)CCN1. The van der Waals surface area contributed by atoms with Gasteiger partial charge in [-0.25, -0.2) is 0 Å². The van der Waals surface area contributed by atoms with E-state index in [1.165, 1.54) is 17.0 Å². The number of carbonyl (C=O) groups excluding carboxylic acids is 2. The van der Waals surface area contributed by atoms with Crippen LogP contribution >= 0.6 is 0 Å². The van der Waals surface area contributed by atoms with Crippen molar-refractivity contribution >= 4 is 11.8 Å². The quantitative estimate of drug-likeness (QED) is 0.889. The Hall–Kier alpha value is -2.18. The topological polar surface area (TPSA) is 58.6 Å². The molecule has 0 spiro atoms. The maximum absolute atomic E-state index is 12.0. The summed E-state index contributed by atoms with van der Waals surface area (Å²) in [6.45, 7) is -1.87. The Bertz CT molecular complexity index is 491. The molecule has 1 N–H and O–H groups in total. The molecule has 1 aliphatic rings. The average Bonchev–Trinajstić information content (AvgIpc) is 2.40. The number of rotatable bonds is 4. The lowest BCUT2D eigenvalue weighted by atomic mass is 10.1. The van der Waals surface area contributed by atoms with Gasteiger partial charge in [-0.05, 0) is 17.7 Å². The molecule has 2 rings (SSSR count). The summed E-state index contributed by atoms with van der Waals surface area (Å²) in [4.78, 5) is 24.6. The number of nitrogens with zero attached hydrogens (tertiary/aromatic N) is 1. The first-order valence-corrected chi connectivity index (χ1v) is 6.13. The van der Waals surface area contributed by atoms with Crippen molar-refractivity contribution in [3.63, 3.8) is 0 Å². The minimum atomic E-state index is -2.87. The first kappa shape index (κ1) is 14.2. The first-order valence-electron chi connectivity index (χ1n) is 6.13. The number of amides is 2. The molecule has 0 aliphatic carbocycles. The monoisotopic (exact) mass is 284 g/mol. The van der Waals surface area contributed by atoms with E-state index in [9.17, 15) is 18.4 Å². The van der Waals surface area contributed by atoms with E-state index in [1.807, 2.05) is 0 Å². The van der Waals surface area contributed by atoms with Crippen molar-refractivity contribution in [2.45, 2.75) is 13.0 Å². The molecule has 0 aromatic heterocycles. The molecule has 1 aliphatic heterocycles. The summed E-state index contributed by atoms with van der Waals surface area (Å²) in [7, 11) is 0. The van der Waals surface area contributed by atoms with Crippen LogP contribution in [0.4, 0.5) is 8.78 Å². The molecule has 0 radical (unpaired) electrons. The highest BCUT2D eigenvalue weighted by molar-refractivity contribution is 5.86. The van der Waals surface area contributed by atoms with E-state index in [0.717, 1.165) is 0 Å². The van der Waals surface area contributed by atoms with Gasteiger partial charge in [-0.1, -0.05) is 12.1 Å². The molecule has 1 fully saturated rings. The number of ether oxygens (including phenoxy) is 1. The van der Waals surface area contributed by atoms with E-state index in [0.29, 0.717) is 18.7 Å². The largest absolute Gasteiger partial charge is 0.435 e. The van der Waals surface area contributed by atoms with Crippen LogP contribution in [0.1, 0.15) is 5.56 Å². The van der Waals surface area contributed by atoms with Crippen LogP contribution in [-0.2, 0) is 16.0 Å². The highest BCUT2D eigenvalue weighted by Crippen LogP contribution is 2.15. The average molecular weight is 284 g/mol. The molecule has 7 heteroatoms. The van der Waals surface area contributed by atoms with Gasteiger partial charge in [0.2, 0.25) is 11.8 Å². The van der Waals surface area contributed by atoms with Crippen LogP contribution in [0.5, 0.6) is 5.75 Å². The normalized spacial score (nSPS) is 15.2. The van der Waals surface area contributed by atoms with Crippen molar-refractivity contribution in [2.24, 2.45) is 0 Å². The van der Waals surface area contributed by atoms with Gasteiger partial charge < -0.3 is 15.0 Å². The maximum Gasteiger partial charge on any atom is 0.387 e. The molecule has 2 amide bonds. The van der Waals surface area contributed by atoms with Gasteiger partial charge in [-0.3, -0.25) is 9.59 Å². The second kappa shape index (κ2) is 6.31. The first-order chi connectivity index (χ1) is 9.54. The van der Waals surface area contributed by atoms with E-state index in [-0.39, 0.29) is 30.5 Å². The fraction of sp³-hybridized carbons (Fsp3) is 0.385. The number of hydrogen-bond donors (Lipinski definition) is 1. The lowest BCUT2D eigenvalue weighted by Gasteiger charge is -2.26. The van der Waals surface area contributed by atoms with Gasteiger partial charge in [-0.2, -0.15) is 8.78 Å². The molecule has 108 valence electrons. The van der Waals surface area contributed by atoms with Crippen LogP contribution in [-0.4, -0.2) is 43.0 Å². The van der Waals surface area contributed by atoms with Gasteiger partial charge in [0.15, 0.2) is 0 Å². The summed E-state index contributed by atoms with van der Waals surface area (Å²) >= 11 is 0. The fourth-order valence-corrected chi connectivity index (χ4v) is 1.93. The Labute approximate surface area is 114 Å². The minimum absolute atomic E-state index is 0.0496. The van der Waals surface area contributed by atoms with Gasteiger partial charge >= 0.3 is 6.61 Å². The fourth-order valence-electron chi connectivity index (χ4n) is 1.93. The molecule has 1 heterocycles. The highest BCUT2D eigenvalue weighted by atomic mass is 19.3. The Morgan fingerprint density at radius 3 is 2.65 bits per heavy atom. The van der Waals surface area contributed by atoms with E-state index < -0.39 is 6.61 Å². The zero-order valence-electron chi connectivity index (χ0n) is 10.6. The van der Waals surface area contributed by atoms with Crippen LogP contribution in [0.2, 0.25) is 0 Å². The van der Waals surface area contributed by atoms with Crippen molar-refractivity contribution in [1.82, 2.24) is 10.2 Å². The summed E-state index contributed by atoms with van der Waals surface area (Å²) in [5.74, 6) is -0.291. The summed E-state index contributed by atoms with van der Waals surface area (Å²) in [5, 5.41) is 2.64. The summed E-state index contributed by atoms with van der Waals surface area (Å²) in [5.41, 5.74) is 0.683. The Kier molecular flexibility index (Phi) is 4.49. The van der Waals surface area contributed by atoms with Gasteiger partial charge in [0.25, 0.3) is 0 Å². The minimum Gasteiger partial charge on any atom is -0.435 e. The molecular weight excluding hydrogens is 270 g/mol. The second-order valence-electron chi connectivity index (χ2n) is 4.36. The third kappa shape index (κ3) is 3.91. The summed E-state index contributed by atoms with van der Waals surface area (Å²) in [6, 6.07) is 5.88. The zero-order chi connectivity index (χ0) is 14.5. The summed E-state index contributed by atoms with van der Waals surface area (Å²) in [6.07, 6.45) is 0.127. The van der Waals surface area contributed by atoms with Gasteiger partial charge in [-0.15, -0.1) is 0 Å². The van der Waals surface area contributed by atoms with Crippen LogP contribution in [0, 0.1) is 0 Å². The van der Waals surface area contributed by atoms with Gasteiger partial charge in [0.05, 0.1) is 13.0 Å². The van der Waals surface area contributed by atoms with Crippen LogP contribution < -0.4 is 10.1 Å². The number of benzene rings is 1. The van der Waals surface area contributed by atoms with Gasteiger partial charge in [0, 0.05) is 13.1 Å². The zero-order valence-corrected chi connectivity index (χ0v) is 10.6. The van der Waals surface area contributed by atoms with Crippen molar-refractivity contribution in [3.05, 3.63) is 29.8 Å². The molecule has 0 bridgehead atoms. The number of carbonyl (C=O) groups is 2. The third-order valence-electron chi connectivity index (χ3n) is 2.89. The van der Waals surface area contributed by atoms with Crippen molar-refractivity contribution < 1.29 is 23.1 Å². The number of hydrogen-bond acceptors (Lipinski definition) is 3. The Morgan fingerprint density at radius 1 is 1.35 bits per heavy atom. The lowest BCUT2D eigenvalue weighted by molar-refractivity contribution is -0.137. The number of alkyl halides is 2. The van der Waals surface area contributed by atoms with Crippen LogP contribution in [0.25, 0.3) is 0 Å². The third-order valence-corrected chi connectivity index (χ3v) is 2.89. The molecule has 5 nitrogen and oxygen atoms in total. The second-order valence-corrected chi connectivity index (χ2v) is 4.36. The molecule has 20 heavy (non-hydrogen) atoms. The molecule has 0 atom stereocenters. The predicted octanol–water partition coefficient (Wildman–Crippen LogP) is 0.789. The van der Waals surface area contributed by atoms with Gasteiger partial charge in [0.1, 0.15) is 5.75 Å². The van der Waals surface area contributed by atoms with Crippen molar-refractivity contribution in [1.29, 1.82) is 0 Å². The smallest absolute Gasteiger partial charge is 0.387 e. The molecule has 1 aromatic rings. The molecular formula is C13H14F2N2O3. The number of halogens is 2. The standard InChI is InChI=1S/C13H14F2N2O3/c14-13(15)20-10-3-1-9(2-4-10)7-12(19)17-6-5-16-11(18)8-17/h1-4,13H,5-8H2,(H,16,18). The number of piperazine rings is 1. The lowest BCUT2D eigenvalue weighted by Crippen LogP contribution is -2.50. The van der Waals surface area contributed by atoms with Crippen LogP contribution in [0.15, 0.2) is 24.3 Å². The molecule has 1 aromatic carbocycles. The Morgan fingerprint density at radius 2 is 2.05 bits per heavy atom. The molecule has 0 saturated carbocycles. The van der Waals surface area contributed by atoms with E-state index in [1.54, 1.807) is 12.1 Å². The van der Waals surface area contributed by atoms with Crippen LogP contribution in [0.3, 0.4) is 0 Å². The summed E-state index contributed by atoms with van der Waals surface area (Å²) < 4.78 is 28.2.